The van der Waals surface area contributed by atoms with Gasteiger partial charge < -0.3 is 14.8 Å². The van der Waals surface area contributed by atoms with Crippen molar-refractivity contribution in [3.05, 3.63) is 95.3 Å². The highest BCUT2D eigenvalue weighted by molar-refractivity contribution is 6.06. The fraction of sp³-hybridized carbons (Fsp3) is 0.0909. The molecular weight excluding hydrogens is 361 g/mol. The van der Waals surface area contributed by atoms with Crippen molar-refractivity contribution in [2.45, 2.75) is 6.61 Å². The van der Waals surface area contributed by atoms with Crippen molar-refractivity contribution in [2.75, 3.05) is 12.4 Å². The lowest BCUT2D eigenvalue weighted by atomic mass is 10.1. The first kappa shape index (κ1) is 19.1. The van der Waals surface area contributed by atoms with Crippen LogP contribution in [0.5, 0.6) is 5.75 Å². The van der Waals surface area contributed by atoms with Crippen LogP contribution in [0, 0.1) is 5.82 Å². The Bertz CT molecular complexity index is 989. The van der Waals surface area contributed by atoms with Gasteiger partial charge in [-0.05, 0) is 36.4 Å². The third-order valence-electron chi connectivity index (χ3n) is 4.02. The largest absolute Gasteiger partial charge is 0.488 e. The SMILES string of the molecule is COC(=O)c1cc(F)ccc1COc1ccccc1C(=O)Nc1ccccc1. The minimum atomic E-state index is -0.659. The van der Waals surface area contributed by atoms with E-state index in [2.05, 4.69) is 10.1 Å². The number of ether oxygens (including phenoxy) is 2. The van der Waals surface area contributed by atoms with Crippen LogP contribution in [0.1, 0.15) is 26.3 Å². The molecule has 3 aromatic rings. The molecule has 0 radical (unpaired) electrons. The number of hydrogen-bond acceptors (Lipinski definition) is 4. The maximum Gasteiger partial charge on any atom is 0.338 e. The molecule has 1 amide bonds. The van der Waals surface area contributed by atoms with Crippen molar-refractivity contribution in [1.29, 1.82) is 0 Å². The molecule has 0 fully saturated rings. The standard InChI is InChI=1S/C22H18FNO4/c1-27-22(26)19-13-16(23)12-11-15(19)14-28-20-10-6-5-9-18(20)21(25)24-17-7-3-2-4-8-17/h2-13H,14H2,1H3,(H,24,25). The second-order valence-corrected chi connectivity index (χ2v) is 5.90. The third-order valence-corrected chi connectivity index (χ3v) is 4.02. The first-order valence-corrected chi connectivity index (χ1v) is 8.53. The molecule has 0 saturated heterocycles. The Morgan fingerprint density at radius 3 is 2.39 bits per heavy atom. The molecule has 0 aliphatic heterocycles. The lowest BCUT2D eigenvalue weighted by Crippen LogP contribution is -2.14. The van der Waals surface area contributed by atoms with Crippen LogP contribution in [0.15, 0.2) is 72.8 Å². The maximum absolute atomic E-state index is 13.5. The van der Waals surface area contributed by atoms with Crippen molar-refractivity contribution in [2.24, 2.45) is 0 Å². The van der Waals surface area contributed by atoms with Gasteiger partial charge in [0.25, 0.3) is 5.91 Å². The highest BCUT2D eigenvalue weighted by atomic mass is 19.1. The minimum absolute atomic E-state index is 0.0274. The molecule has 0 aliphatic carbocycles. The number of esters is 1. The first-order chi connectivity index (χ1) is 13.6. The number of para-hydroxylation sites is 2. The molecule has 0 saturated carbocycles. The summed E-state index contributed by atoms with van der Waals surface area (Å²) < 4.78 is 23.9. The minimum Gasteiger partial charge on any atom is -0.488 e. The number of carbonyl (C=O) groups is 2. The molecule has 3 rings (SSSR count). The highest BCUT2D eigenvalue weighted by Crippen LogP contribution is 2.22. The maximum atomic E-state index is 13.5. The molecule has 0 aliphatic rings. The van der Waals surface area contributed by atoms with Crippen LogP contribution in [0.25, 0.3) is 0 Å². The predicted molar refractivity (Wildman–Crippen MR) is 103 cm³/mol. The number of hydrogen-bond donors (Lipinski definition) is 1. The molecule has 0 atom stereocenters. The number of halogens is 1. The van der Waals surface area contributed by atoms with Gasteiger partial charge in [0.2, 0.25) is 0 Å². The molecule has 5 nitrogen and oxygen atoms in total. The van der Waals surface area contributed by atoms with E-state index in [0.717, 1.165) is 6.07 Å². The van der Waals surface area contributed by atoms with Crippen LogP contribution in [-0.4, -0.2) is 19.0 Å². The highest BCUT2D eigenvalue weighted by Gasteiger charge is 2.16. The van der Waals surface area contributed by atoms with E-state index in [4.69, 9.17) is 4.74 Å². The molecule has 0 aromatic heterocycles. The van der Waals surface area contributed by atoms with E-state index in [1.807, 2.05) is 18.2 Å². The Labute approximate surface area is 161 Å². The molecule has 0 heterocycles. The molecule has 28 heavy (non-hydrogen) atoms. The zero-order valence-corrected chi connectivity index (χ0v) is 15.1. The van der Waals surface area contributed by atoms with E-state index < -0.39 is 11.8 Å². The summed E-state index contributed by atoms with van der Waals surface area (Å²) in [5.74, 6) is -1.19. The average Bonchev–Trinajstić information content (AvgIpc) is 2.73. The van der Waals surface area contributed by atoms with E-state index in [-0.39, 0.29) is 18.1 Å². The number of anilines is 1. The van der Waals surface area contributed by atoms with Crippen LogP contribution in [0.2, 0.25) is 0 Å². The summed E-state index contributed by atoms with van der Waals surface area (Å²) in [5.41, 5.74) is 1.53. The summed E-state index contributed by atoms with van der Waals surface area (Å²) in [4.78, 5) is 24.5. The summed E-state index contributed by atoms with van der Waals surface area (Å²) in [7, 11) is 1.22. The summed E-state index contributed by atoms with van der Waals surface area (Å²) in [6.45, 7) is -0.0274. The predicted octanol–water partition coefficient (Wildman–Crippen LogP) is 4.44. The van der Waals surface area contributed by atoms with Crippen molar-refractivity contribution in [3.8, 4) is 5.75 Å². The van der Waals surface area contributed by atoms with E-state index in [9.17, 15) is 14.0 Å². The molecule has 6 heteroatoms. The molecule has 3 aromatic carbocycles. The van der Waals surface area contributed by atoms with Gasteiger partial charge in [0.05, 0.1) is 18.2 Å². The second kappa shape index (κ2) is 8.81. The van der Waals surface area contributed by atoms with E-state index in [1.165, 1.54) is 19.2 Å². The van der Waals surface area contributed by atoms with Gasteiger partial charge in [0, 0.05) is 11.3 Å². The quantitative estimate of drug-likeness (QED) is 0.643. The van der Waals surface area contributed by atoms with Gasteiger partial charge in [-0.3, -0.25) is 4.79 Å². The van der Waals surface area contributed by atoms with E-state index in [0.29, 0.717) is 22.6 Å². The number of carbonyl (C=O) groups excluding carboxylic acids is 2. The monoisotopic (exact) mass is 379 g/mol. The van der Waals surface area contributed by atoms with Crippen molar-refractivity contribution < 1.29 is 23.5 Å². The fourth-order valence-corrected chi connectivity index (χ4v) is 2.63. The van der Waals surface area contributed by atoms with Gasteiger partial charge in [-0.25, -0.2) is 9.18 Å². The first-order valence-electron chi connectivity index (χ1n) is 8.53. The van der Waals surface area contributed by atoms with Crippen molar-refractivity contribution in [3.63, 3.8) is 0 Å². The van der Waals surface area contributed by atoms with E-state index >= 15 is 0 Å². The molecule has 0 bridgehead atoms. The van der Waals surface area contributed by atoms with Gasteiger partial charge in [-0.1, -0.05) is 36.4 Å². The summed E-state index contributed by atoms with van der Waals surface area (Å²) in [6.07, 6.45) is 0. The number of amides is 1. The summed E-state index contributed by atoms with van der Waals surface area (Å²) in [6, 6.07) is 19.6. The van der Waals surface area contributed by atoms with Crippen LogP contribution in [0.3, 0.4) is 0 Å². The Hall–Kier alpha value is -3.67. The van der Waals surface area contributed by atoms with E-state index in [1.54, 1.807) is 36.4 Å². The van der Waals surface area contributed by atoms with Crippen LogP contribution in [0.4, 0.5) is 10.1 Å². The Morgan fingerprint density at radius 2 is 1.64 bits per heavy atom. The molecule has 0 unspecified atom stereocenters. The zero-order chi connectivity index (χ0) is 19.9. The lowest BCUT2D eigenvalue weighted by Gasteiger charge is -2.13. The van der Waals surface area contributed by atoms with Gasteiger partial charge in [0.1, 0.15) is 18.2 Å². The number of nitrogens with one attached hydrogen (secondary N) is 1. The Morgan fingerprint density at radius 1 is 0.929 bits per heavy atom. The average molecular weight is 379 g/mol. The van der Waals surface area contributed by atoms with Gasteiger partial charge in [-0.15, -0.1) is 0 Å². The molecule has 0 spiro atoms. The smallest absolute Gasteiger partial charge is 0.338 e. The third kappa shape index (κ3) is 4.54. The van der Waals surface area contributed by atoms with Gasteiger partial charge >= 0.3 is 5.97 Å². The van der Waals surface area contributed by atoms with Crippen molar-refractivity contribution >= 4 is 17.6 Å². The molecule has 1 N–H and O–H groups in total. The summed E-state index contributed by atoms with van der Waals surface area (Å²) >= 11 is 0. The van der Waals surface area contributed by atoms with Crippen LogP contribution >= 0.6 is 0 Å². The number of methoxy groups -OCH3 is 1. The number of rotatable bonds is 6. The van der Waals surface area contributed by atoms with Gasteiger partial charge in [-0.2, -0.15) is 0 Å². The van der Waals surface area contributed by atoms with Crippen LogP contribution < -0.4 is 10.1 Å². The lowest BCUT2D eigenvalue weighted by molar-refractivity contribution is 0.0597. The number of benzene rings is 3. The Kier molecular flexibility index (Phi) is 6.01. The normalized spacial score (nSPS) is 10.2. The van der Waals surface area contributed by atoms with Gasteiger partial charge in [0.15, 0.2) is 0 Å². The summed E-state index contributed by atoms with van der Waals surface area (Å²) in [5, 5.41) is 2.80. The zero-order valence-electron chi connectivity index (χ0n) is 15.1. The van der Waals surface area contributed by atoms with Crippen LogP contribution in [-0.2, 0) is 11.3 Å². The Balaban J connectivity index is 1.79. The molecular formula is C22H18FNO4. The van der Waals surface area contributed by atoms with Crippen molar-refractivity contribution in [1.82, 2.24) is 0 Å². The molecule has 142 valence electrons. The fourth-order valence-electron chi connectivity index (χ4n) is 2.63. The topological polar surface area (TPSA) is 64.6 Å². The second-order valence-electron chi connectivity index (χ2n) is 5.90.